The van der Waals surface area contributed by atoms with Gasteiger partial charge in [-0.2, -0.15) is 0 Å². The SMILES string of the molecule is CCCCN(C)c1ccc(NS(=O)(=O)c2ccc(Br)cc2)nc1. The number of aromatic nitrogens is 1. The lowest BCUT2D eigenvalue weighted by Gasteiger charge is -2.18. The van der Waals surface area contributed by atoms with Crippen LogP contribution in [0.1, 0.15) is 19.8 Å². The molecule has 0 bridgehead atoms. The highest BCUT2D eigenvalue weighted by Crippen LogP contribution is 2.19. The molecule has 2 rings (SSSR count). The molecular formula is C16H20BrN3O2S. The molecule has 0 saturated carbocycles. The highest BCUT2D eigenvalue weighted by molar-refractivity contribution is 9.10. The van der Waals surface area contributed by atoms with E-state index in [2.05, 4.69) is 37.5 Å². The quantitative estimate of drug-likeness (QED) is 0.769. The summed E-state index contributed by atoms with van der Waals surface area (Å²) in [5, 5.41) is 0. The number of unbranched alkanes of at least 4 members (excludes halogenated alkanes) is 1. The van der Waals surface area contributed by atoms with Gasteiger partial charge in [0.25, 0.3) is 10.0 Å². The van der Waals surface area contributed by atoms with Gasteiger partial charge in [-0.25, -0.2) is 13.4 Å². The summed E-state index contributed by atoms with van der Waals surface area (Å²) in [5.41, 5.74) is 0.963. The number of anilines is 2. The summed E-state index contributed by atoms with van der Waals surface area (Å²) in [5.74, 6) is 0.306. The minimum absolute atomic E-state index is 0.201. The fourth-order valence-electron chi connectivity index (χ4n) is 2.01. The minimum Gasteiger partial charge on any atom is -0.373 e. The Balaban J connectivity index is 2.09. The molecular weight excluding hydrogens is 378 g/mol. The van der Waals surface area contributed by atoms with E-state index in [-0.39, 0.29) is 4.90 Å². The van der Waals surface area contributed by atoms with Crippen LogP contribution < -0.4 is 9.62 Å². The highest BCUT2D eigenvalue weighted by atomic mass is 79.9. The molecule has 0 aliphatic rings. The van der Waals surface area contributed by atoms with Gasteiger partial charge in [0.2, 0.25) is 0 Å². The number of nitrogens with zero attached hydrogens (tertiary/aromatic N) is 2. The molecule has 0 spiro atoms. The second-order valence-corrected chi connectivity index (χ2v) is 7.83. The number of sulfonamides is 1. The van der Waals surface area contributed by atoms with Crippen molar-refractivity contribution in [1.29, 1.82) is 0 Å². The van der Waals surface area contributed by atoms with Gasteiger partial charge in [-0.1, -0.05) is 29.3 Å². The number of hydrogen-bond acceptors (Lipinski definition) is 4. The molecule has 1 aromatic carbocycles. The van der Waals surface area contributed by atoms with Crippen LogP contribution in [0.3, 0.4) is 0 Å². The molecule has 5 nitrogen and oxygen atoms in total. The summed E-state index contributed by atoms with van der Waals surface area (Å²) in [6, 6.07) is 10.00. The van der Waals surface area contributed by atoms with Crippen molar-refractivity contribution in [2.24, 2.45) is 0 Å². The van der Waals surface area contributed by atoms with E-state index in [4.69, 9.17) is 0 Å². The third kappa shape index (κ3) is 4.94. The number of rotatable bonds is 7. The predicted octanol–water partition coefficient (Wildman–Crippen LogP) is 3.88. The van der Waals surface area contributed by atoms with Crippen molar-refractivity contribution >= 4 is 37.5 Å². The van der Waals surface area contributed by atoms with Crippen LogP contribution in [0, 0.1) is 0 Å². The number of hydrogen-bond donors (Lipinski definition) is 1. The molecule has 23 heavy (non-hydrogen) atoms. The van der Waals surface area contributed by atoms with Crippen LogP contribution in [0.25, 0.3) is 0 Å². The lowest BCUT2D eigenvalue weighted by molar-refractivity contribution is 0.601. The lowest BCUT2D eigenvalue weighted by atomic mass is 10.3. The van der Waals surface area contributed by atoms with Crippen molar-refractivity contribution < 1.29 is 8.42 Å². The van der Waals surface area contributed by atoms with E-state index in [0.29, 0.717) is 5.82 Å². The first-order valence-corrected chi connectivity index (χ1v) is 9.65. The molecule has 1 heterocycles. The molecule has 0 radical (unpaired) electrons. The second-order valence-electron chi connectivity index (χ2n) is 5.24. The summed E-state index contributed by atoms with van der Waals surface area (Å²) >= 11 is 3.29. The summed E-state index contributed by atoms with van der Waals surface area (Å²) in [7, 11) is -1.63. The average molecular weight is 398 g/mol. The van der Waals surface area contributed by atoms with Crippen molar-refractivity contribution in [3.05, 3.63) is 47.1 Å². The highest BCUT2D eigenvalue weighted by Gasteiger charge is 2.14. The summed E-state index contributed by atoms with van der Waals surface area (Å²) < 4.78 is 27.9. The van der Waals surface area contributed by atoms with E-state index in [0.717, 1.165) is 29.5 Å². The second kappa shape index (κ2) is 7.79. The van der Waals surface area contributed by atoms with Crippen LogP contribution in [0.5, 0.6) is 0 Å². The Bertz CT molecular complexity index is 731. The van der Waals surface area contributed by atoms with Gasteiger partial charge in [0.15, 0.2) is 0 Å². The molecule has 0 amide bonds. The summed E-state index contributed by atoms with van der Waals surface area (Å²) in [6.07, 6.45) is 3.91. The van der Waals surface area contributed by atoms with E-state index >= 15 is 0 Å². The van der Waals surface area contributed by atoms with Crippen LogP contribution in [0.2, 0.25) is 0 Å². The molecule has 1 N–H and O–H groups in total. The first-order valence-electron chi connectivity index (χ1n) is 7.38. The number of halogens is 1. The topological polar surface area (TPSA) is 62.3 Å². The van der Waals surface area contributed by atoms with Gasteiger partial charge in [-0.05, 0) is 42.8 Å². The molecule has 7 heteroatoms. The van der Waals surface area contributed by atoms with E-state index in [9.17, 15) is 8.42 Å². The Morgan fingerprint density at radius 2 is 1.87 bits per heavy atom. The Kier molecular flexibility index (Phi) is 6.01. The van der Waals surface area contributed by atoms with Gasteiger partial charge in [-0.3, -0.25) is 4.72 Å². The minimum atomic E-state index is -3.62. The Hall–Kier alpha value is -1.60. The first-order chi connectivity index (χ1) is 10.9. The van der Waals surface area contributed by atoms with Gasteiger partial charge in [0.1, 0.15) is 5.82 Å². The van der Waals surface area contributed by atoms with Crippen LogP contribution in [-0.2, 0) is 10.0 Å². The van der Waals surface area contributed by atoms with E-state index in [1.54, 1.807) is 36.5 Å². The van der Waals surface area contributed by atoms with Gasteiger partial charge >= 0.3 is 0 Å². The zero-order valence-corrected chi connectivity index (χ0v) is 15.6. The standard InChI is InChI=1S/C16H20BrN3O2S/c1-3-4-11-20(2)14-7-10-16(18-12-14)19-23(21,22)15-8-5-13(17)6-9-15/h5-10,12H,3-4,11H2,1-2H3,(H,18,19). The smallest absolute Gasteiger partial charge is 0.263 e. The van der Waals surface area contributed by atoms with Crippen molar-refractivity contribution in [2.75, 3.05) is 23.2 Å². The average Bonchev–Trinajstić information content (AvgIpc) is 2.53. The van der Waals surface area contributed by atoms with Crippen LogP contribution >= 0.6 is 15.9 Å². The van der Waals surface area contributed by atoms with Crippen molar-refractivity contribution in [3.63, 3.8) is 0 Å². The van der Waals surface area contributed by atoms with Crippen LogP contribution in [-0.4, -0.2) is 27.0 Å². The fourth-order valence-corrected chi connectivity index (χ4v) is 3.28. The van der Waals surface area contributed by atoms with E-state index in [1.165, 1.54) is 0 Å². The van der Waals surface area contributed by atoms with E-state index < -0.39 is 10.0 Å². The zero-order chi connectivity index (χ0) is 16.9. The maximum Gasteiger partial charge on any atom is 0.263 e. The molecule has 0 unspecified atom stereocenters. The fraction of sp³-hybridized carbons (Fsp3) is 0.312. The molecule has 0 atom stereocenters. The van der Waals surface area contributed by atoms with Crippen molar-refractivity contribution in [3.8, 4) is 0 Å². The number of benzene rings is 1. The lowest BCUT2D eigenvalue weighted by Crippen LogP contribution is -2.19. The molecule has 0 aliphatic heterocycles. The molecule has 0 aliphatic carbocycles. The molecule has 124 valence electrons. The molecule has 0 fully saturated rings. The van der Waals surface area contributed by atoms with Gasteiger partial charge in [0, 0.05) is 18.1 Å². The molecule has 1 aromatic heterocycles. The molecule has 0 saturated heterocycles. The maximum atomic E-state index is 12.3. The monoisotopic (exact) mass is 397 g/mol. The number of pyridine rings is 1. The predicted molar refractivity (Wildman–Crippen MR) is 97.4 cm³/mol. The summed E-state index contributed by atoms with van der Waals surface area (Å²) in [4.78, 5) is 6.50. The zero-order valence-electron chi connectivity index (χ0n) is 13.2. The summed E-state index contributed by atoms with van der Waals surface area (Å²) in [6.45, 7) is 3.09. The van der Waals surface area contributed by atoms with Crippen molar-refractivity contribution in [2.45, 2.75) is 24.7 Å². The normalized spacial score (nSPS) is 11.3. The van der Waals surface area contributed by atoms with Gasteiger partial charge < -0.3 is 4.90 Å². The van der Waals surface area contributed by atoms with Crippen LogP contribution in [0.15, 0.2) is 52.0 Å². The van der Waals surface area contributed by atoms with Crippen molar-refractivity contribution in [1.82, 2.24) is 4.98 Å². The van der Waals surface area contributed by atoms with Crippen LogP contribution in [0.4, 0.5) is 11.5 Å². The maximum absolute atomic E-state index is 12.3. The van der Waals surface area contributed by atoms with Gasteiger partial charge in [-0.15, -0.1) is 0 Å². The molecule has 2 aromatic rings. The Labute approximate surface area is 145 Å². The Morgan fingerprint density at radius 3 is 2.43 bits per heavy atom. The third-order valence-electron chi connectivity index (χ3n) is 3.40. The van der Waals surface area contributed by atoms with E-state index in [1.807, 2.05) is 13.1 Å². The largest absolute Gasteiger partial charge is 0.373 e. The van der Waals surface area contributed by atoms with Gasteiger partial charge in [0.05, 0.1) is 16.8 Å². The first kappa shape index (κ1) is 17.7. The Morgan fingerprint density at radius 1 is 1.17 bits per heavy atom. The third-order valence-corrected chi connectivity index (χ3v) is 5.30. The number of nitrogens with one attached hydrogen (secondary N) is 1.